The molecule has 0 unspecified atom stereocenters. The maximum atomic E-state index is 11.9. The Bertz CT molecular complexity index is 3340. The molecule has 0 spiro atoms. The first-order valence-corrected chi connectivity index (χ1v) is 37.3. The molecule has 0 atom stereocenters. The Labute approximate surface area is 585 Å². The van der Waals surface area contributed by atoms with E-state index in [9.17, 15) is 24.0 Å². The minimum absolute atomic E-state index is 0.0205. The van der Waals surface area contributed by atoms with E-state index in [0.717, 1.165) is 147 Å². The predicted octanol–water partition coefficient (Wildman–Crippen LogP) is 20.8. The van der Waals surface area contributed by atoms with Gasteiger partial charge < -0.3 is 25.3 Å². The van der Waals surface area contributed by atoms with Gasteiger partial charge >= 0.3 is 0 Å². The van der Waals surface area contributed by atoms with Crippen molar-refractivity contribution in [3.8, 4) is 0 Å². The quantitative estimate of drug-likeness (QED) is 0.0300. The summed E-state index contributed by atoms with van der Waals surface area (Å²) < 4.78 is 2.83. The van der Waals surface area contributed by atoms with Gasteiger partial charge in [-0.3, -0.25) is 24.0 Å². The maximum Gasteiger partial charge on any atom is 0.220 e. The Kier molecular flexibility index (Phi) is 38.5. The summed E-state index contributed by atoms with van der Waals surface area (Å²) in [4.78, 5) is 64.2. The Morgan fingerprint density at radius 1 is 0.326 bits per heavy atom. The zero-order valence-corrected chi connectivity index (χ0v) is 66.5. The van der Waals surface area contributed by atoms with Crippen molar-refractivity contribution >= 4 is 89.5 Å². The van der Waals surface area contributed by atoms with E-state index >= 15 is 0 Å². The first-order valence-electron chi connectivity index (χ1n) is 35.2. The molecule has 0 amide bonds. The lowest BCUT2D eigenvalue weighted by molar-refractivity contribution is 0.358. The second-order valence-electron chi connectivity index (χ2n) is 31.9. The normalized spacial score (nSPS) is 12.0. The number of hydrogen-bond acceptors (Lipinski definition) is 15. The number of hydrogen-bond donors (Lipinski definition) is 2. The third kappa shape index (κ3) is 30.3. The van der Waals surface area contributed by atoms with Crippen LogP contribution in [0.25, 0.3) is 0 Å². The highest BCUT2D eigenvalue weighted by Crippen LogP contribution is 2.30. The van der Waals surface area contributed by atoms with E-state index in [1.807, 2.05) is 37.9 Å². The van der Waals surface area contributed by atoms with Crippen molar-refractivity contribution in [3.63, 3.8) is 0 Å². The lowest BCUT2D eigenvalue weighted by atomic mass is 9.89. The molecule has 0 saturated carbocycles. The lowest BCUT2D eigenvalue weighted by Gasteiger charge is -2.25. The second-order valence-corrected chi connectivity index (χ2v) is 34.0. The summed E-state index contributed by atoms with van der Waals surface area (Å²) >= 11 is 25.7. The SMILES string of the molecule is CCN(C)c1c(CCCCCC(C)(C)C)c(=S)c1=O.CCN(CC)c1c(CCCCCC(C)(C)C)c(=S)c1=O.CCNc1c(CCCCCC(C)(C)C)c(=S)c1=O.CN(C)c1c(CCCCCC(C)(C)C)c(=S)c1=O.CNc1c(CCCCCC(C)(C)C)c(=S)c1=O. The summed E-state index contributed by atoms with van der Waals surface area (Å²) in [7, 11) is 7.58. The molecular weight excluding hydrogens is 1240 g/mol. The van der Waals surface area contributed by atoms with Crippen LogP contribution in [0.5, 0.6) is 0 Å². The molecule has 0 aliphatic carbocycles. The highest BCUT2D eigenvalue weighted by Gasteiger charge is 2.24. The average Bonchev–Trinajstić information content (AvgIpc) is 0.819. The molecule has 15 heteroatoms. The van der Waals surface area contributed by atoms with Crippen LogP contribution in [0.1, 0.15) is 288 Å². The minimum atomic E-state index is 0.0205. The van der Waals surface area contributed by atoms with E-state index in [1.165, 1.54) is 96.3 Å². The standard InChI is InChI=1S/C17H29NOS.C16H27NOS.2C15H25NOS.C14H23NOS/c1-6-18(7-2)14-13(16(20)15(14)19)11-9-8-10-12-17(3,4)5;1-6-17(5)13-12(15(19)14(13)18)10-8-7-9-11-16(2,3)4;1-15(2,3)10-8-6-7-9-11-12(16(4)5)13(17)14(11)18;1-5-16-12-11(14(18)13(12)17)9-7-6-8-10-15(2,3)4;1-14(2,3)9-7-5-6-8-10-11(15-4)12(16)13(10)17/h6-12H2,1-5H3;6-11H2,1-5H3;6-10H2,1-5H3;16H,5-10H2,1-4H3;15H,5-9H2,1-4H3. The van der Waals surface area contributed by atoms with Gasteiger partial charge in [-0.1, -0.05) is 229 Å². The number of anilines is 5. The summed E-state index contributed by atoms with van der Waals surface area (Å²) in [5, 5.41) is 6.06. The molecule has 0 aliphatic rings. The number of rotatable bonds is 34. The molecule has 5 rings (SSSR count). The van der Waals surface area contributed by atoms with Crippen molar-refractivity contribution in [2.24, 2.45) is 27.1 Å². The van der Waals surface area contributed by atoms with Crippen LogP contribution in [0, 0.1) is 49.6 Å². The zero-order chi connectivity index (χ0) is 70.7. The predicted molar refractivity (Wildman–Crippen MR) is 418 cm³/mol. The van der Waals surface area contributed by atoms with Crippen molar-refractivity contribution in [2.75, 3.05) is 79.7 Å². The average molecular weight is 1370 g/mol. The van der Waals surface area contributed by atoms with E-state index in [2.05, 4.69) is 140 Å². The maximum absolute atomic E-state index is 11.9. The molecule has 0 radical (unpaired) electrons. The van der Waals surface area contributed by atoms with Gasteiger partial charge in [-0.2, -0.15) is 0 Å². The summed E-state index contributed by atoms with van der Waals surface area (Å²) in [6, 6.07) is 0. The fourth-order valence-corrected chi connectivity index (χ4v) is 13.0. The minimum Gasteiger partial charge on any atom is -0.385 e. The summed E-state index contributed by atoms with van der Waals surface area (Å²) in [5.41, 5.74) is 12.1. The lowest BCUT2D eigenvalue weighted by Crippen LogP contribution is -2.33. The molecule has 522 valence electrons. The first-order chi connectivity index (χ1) is 42.6. The van der Waals surface area contributed by atoms with Gasteiger partial charge in [-0.05, 0) is 151 Å². The largest absolute Gasteiger partial charge is 0.385 e. The van der Waals surface area contributed by atoms with Crippen LogP contribution in [-0.4, -0.2) is 54.4 Å². The van der Waals surface area contributed by atoms with Crippen molar-refractivity contribution in [2.45, 2.75) is 292 Å². The number of nitrogens with one attached hydrogen (secondary N) is 2. The monoisotopic (exact) mass is 1360 g/mol. The highest BCUT2D eigenvalue weighted by atomic mass is 32.1. The van der Waals surface area contributed by atoms with Gasteiger partial charge in [0.25, 0.3) is 0 Å². The fraction of sp³-hybridized carbons (Fsp3) is 0.740. The van der Waals surface area contributed by atoms with Crippen molar-refractivity contribution in [1.29, 1.82) is 0 Å². The molecule has 0 aromatic heterocycles. The van der Waals surface area contributed by atoms with Crippen LogP contribution in [0.3, 0.4) is 0 Å². The van der Waals surface area contributed by atoms with Crippen molar-refractivity contribution in [3.05, 3.63) is 101 Å². The van der Waals surface area contributed by atoms with Gasteiger partial charge in [-0.15, -0.1) is 0 Å². The summed E-state index contributed by atoms with van der Waals surface area (Å²) in [6.07, 6.45) is 29.2. The molecule has 10 nitrogen and oxygen atoms in total. The Morgan fingerprint density at radius 2 is 0.587 bits per heavy atom. The fourth-order valence-electron chi connectivity index (χ4n) is 11.5. The van der Waals surface area contributed by atoms with Crippen LogP contribution < -0.4 is 52.5 Å². The van der Waals surface area contributed by atoms with Gasteiger partial charge in [0.1, 0.15) is 0 Å². The molecule has 2 N–H and O–H groups in total. The van der Waals surface area contributed by atoms with Crippen LogP contribution in [0.4, 0.5) is 28.4 Å². The van der Waals surface area contributed by atoms with Gasteiger partial charge in [0, 0.05) is 82.2 Å². The van der Waals surface area contributed by atoms with E-state index < -0.39 is 0 Å². The van der Waals surface area contributed by atoms with Crippen LogP contribution in [0.2, 0.25) is 0 Å². The molecular formula is C77H129N5O5S5. The van der Waals surface area contributed by atoms with E-state index in [1.54, 1.807) is 7.05 Å². The molecule has 0 aliphatic heterocycles. The Morgan fingerprint density at radius 3 is 0.870 bits per heavy atom. The molecule has 0 fully saturated rings. The van der Waals surface area contributed by atoms with Crippen LogP contribution in [-0.2, 0) is 32.1 Å². The Balaban J connectivity index is 0.000000576. The molecule has 0 heterocycles. The molecule has 5 aromatic rings. The highest BCUT2D eigenvalue weighted by molar-refractivity contribution is 7.72. The third-order valence-electron chi connectivity index (χ3n) is 17.2. The van der Waals surface area contributed by atoms with Gasteiger partial charge in [0.2, 0.25) is 27.1 Å². The first kappa shape index (κ1) is 86.5. The zero-order valence-electron chi connectivity index (χ0n) is 62.4. The van der Waals surface area contributed by atoms with Crippen LogP contribution in [0.15, 0.2) is 24.0 Å². The van der Waals surface area contributed by atoms with Crippen LogP contribution >= 0.6 is 61.1 Å². The topological polar surface area (TPSA) is 119 Å². The smallest absolute Gasteiger partial charge is 0.220 e. The summed E-state index contributed by atoms with van der Waals surface area (Å²) in [5.74, 6) is 0. The number of nitrogens with zero attached hydrogens (tertiary/aromatic N) is 3. The summed E-state index contributed by atoms with van der Waals surface area (Å²) in [6.45, 7) is 45.8. The molecule has 5 aromatic carbocycles. The van der Waals surface area contributed by atoms with Gasteiger partial charge in [0.15, 0.2) is 0 Å². The van der Waals surface area contributed by atoms with Crippen molar-refractivity contribution in [1.82, 2.24) is 0 Å². The Hall–Kier alpha value is -3.50. The molecule has 92 heavy (non-hydrogen) atoms. The molecule has 0 bridgehead atoms. The van der Waals surface area contributed by atoms with Gasteiger partial charge in [0.05, 0.1) is 51.0 Å². The van der Waals surface area contributed by atoms with E-state index in [0.29, 0.717) is 49.6 Å². The second kappa shape index (κ2) is 40.9. The van der Waals surface area contributed by atoms with Gasteiger partial charge in [-0.25, -0.2) is 0 Å². The molecule has 0 saturated heterocycles. The number of unbranched alkanes of at least 4 members (excludes halogenated alkanes) is 10. The van der Waals surface area contributed by atoms with E-state index in [4.69, 9.17) is 61.1 Å². The van der Waals surface area contributed by atoms with Crippen molar-refractivity contribution < 1.29 is 0 Å². The van der Waals surface area contributed by atoms with E-state index in [-0.39, 0.29) is 27.1 Å². The third-order valence-corrected chi connectivity index (χ3v) is 19.4.